The number of rotatable bonds is 1. The van der Waals surface area contributed by atoms with Crippen LogP contribution in [0.15, 0.2) is 0 Å². The highest BCUT2D eigenvalue weighted by molar-refractivity contribution is 5.77. The maximum absolute atomic E-state index is 12.4. The van der Waals surface area contributed by atoms with E-state index in [0.29, 0.717) is 12.8 Å². The van der Waals surface area contributed by atoms with Gasteiger partial charge in [0.15, 0.2) is 0 Å². The molecular weight excluding hydrogens is 272 g/mol. The minimum Gasteiger partial charge on any atom is -0.435 e. The normalized spacial score (nSPS) is 52.0. The Hall–Kier alpha value is -0.650. The lowest BCUT2D eigenvalue weighted by molar-refractivity contribution is -0.166. The van der Waals surface area contributed by atoms with Crippen molar-refractivity contribution in [3.63, 3.8) is 0 Å². The third kappa shape index (κ3) is 2.13. The van der Waals surface area contributed by atoms with Crippen LogP contribution in [0.1, 0.15) is 40.0 Å². The van der Waals surface area contributed by atoms with Gasteiger partial charge in [-0.3, -0.25) is 4.79 Å². The summed E-state index contributed by atoms with van der Waals surface area (Å²) in [7, 11) is 1.50. The summed E-state index contributed by atoms with van der Waals surface area (Å²) < 4.78 is 10.6. The number of aliphatic hydroxyl groups excluding tert-OH is 1. The van der Waals surface area contributed by atoms with Gasteiger partial charge in [-0.1, -0.05) is 20.8 Å². The first-order valence-electron chi connectivity index (χ1n) is 7.83. The van der Waals surface area contributed by atoms with Crippen LogP contribution in [-0.2, 0) is 14.3 Å². The summed E-state index contributed by atoms with van der Waals surface area (Å²) in [6.07, 6.45) is 0.619. The smallest absolute Gasteiger partial charge is 0.314 e. The molecule has 5 heteroatoms. The van der Waals surface area contributed by atoms with Crippen LogP contribution in [0.25, 0.3) is 0 Å². The predicted molar refractivity (Wildman–Crippen MR) is 75.1 cm³/mol. The lowest BCUT2D eigenvalue weighted by Crippen LogP contribution is -2.47. The highest BCUT2D eigenvalue weighted by Crippen LogP contribution is 2.59. The summed E-state index contributed by atoms with van der Waals surface area (Å²) in [5, 5.41) is 21.9. The van der Waals surface area contributed by atoms with Gasteiger partial charge in [0.2, 0.25) is 6.29 Å². The van der Waals surface area contributed by atoms with Crippen molar-refractivity contribution in [2.45, 2.75) is 58.0 Å². The molecule has 120 valence electrons. The van der Waals surface area contributed by atoms with Crippen molar-refractivity contribution in [3.05, 3.63) is 0 Å². The molecule has 3 fully saturated rings. The van der Waals surface area contributed by atoms with Gasteiger partial charge >= 0.3 is 5.97 Å². The molecule has 0 aromatic rings. The van der Waals surface area contributed by atoms with Crippen molar-refractivity contribution >= 4 is 5.97 Å². The van der Waals surface area contributed by atoms with E-state index in [4.69, 9.17) is 9.47 Å². The van der Waals surface area contributed by atoms with Gasteiger partial charge in [-0.2, -0.15) is 0 Å². The Morgan fingerprint density at radius 2 is 2.05 bits per heavy atom. The quantitative estimate of drug-likeness (QED) is 0.714. The van der Waals surface area contributed by atoms with Crippen LogP contribution in [0.2, 0.25) is 0 Å². The van der Waals surface area contributed by atoms with Crippen molar-refractivity contribution in [2.75, 3.05) is 7.11 Å². The van der Waals surface area contributed by atoms with Gasteiger partial charge in [0.05, 0.1) is 17.6 Å². The molecular formula is C16H26O5. The Morgan fingerprint density at radius 3 is 2.67 bits per heavy atom. The Labute approximate surface area is 125 Å². The number of fused-ring (bicyclic) bond motifs is 3. The van der Waals surface area contributed by atoms with Gasteiger partial charge in [-0.15, -0.1) is 0 Å². The average molecular weight is 298 g/mol. The zero-order valence-corrected chi connectivity index (χ0v) is 13.2. The first-order chi connectivity index (χ1) is 9.69. The van der Waals surface area contributed by atoms with Crippen LogP contribution < -0.4 is 0 Å². The topological polar surface area (TPSA) is 76.0 Å². The number of esters is 1. The molecule has 3 rings (SSSR count). The molecule has 5 nitrogen and oxygen atoms in total. The van der Waals surface area contributed by atoms with Crippen molar-refractivity contribution in [2.24, 2.45) is 29.1 Å². The van der Waals surface area contributed by atoms with Crippen molar-refractivity contribution in [1.82, 2.24) is 0 Å². The Balaban J connectivity index is 2.06. The maximum Gasteiger partial charge on any atom is 0.314 e. The SMILES string of the molecule is CO[C@@H]1OC(=O)[C@@H]2[C@@H]1C[C@@H](O)[C@H](C)[C@@H]1CC(C)(C)CC21O. The second-order valence-corrected chi connectivity index (χ2v) is 7.99. The van der Waals surface area contributed by atoms with Crippen LogP contribution in [0, 0.1) is 29.1 Å². The third-order valence-corrected chi connectivity index (χ3v) is 5.97. The van der Waals surface area contributed by atoms with E-state index in [1.165, 1.54) is 7.11 Å². The second kappa shape index (κ2) is 4.67. The minimum atomic E-state index is -1.10. The lowest BCUT2D eigenvalue weighted by atomic mass is 9.72. The lowest BCUT2D eigenvalue weighted by Gasteiger charge is -2.36. The summed E-state index contributed by atoms with van der Waals surface area (Å²) in [6, 6.07) is 0. The van der Waals surface area contributed by atoms with Crippen LogP contribution in [-0.4, -0.2) is 41.3 Å². The molecule has 0 radical (unpaired) electrons. The highest BCUT2D eigenvalue weighted by atomic mass is 16.7. The van der Waals surface area contributed by atoms with E-state index in [1.807, 2.05) is 6.92 Å². The monoisotopic (exact) mass is 298 g/mol. The first kappa shape index (κ1) is 15.3. The second-order valence-electron chi connectivity index (χ2n) is 7.99. The molecule has 2 aliphatic carbocycles. The van der Waals surface area contributed by atoms with E-state index in [-0.39, 0.29) is 29.1 Å². The zero-order chi connectivity index (χ0) is 15.6. The highest BCUT2D eigenvalue weighted by Gasteiger charge is 2.66. The predicted octanol–water partition coefficient (Wildman–Crippen LogP) is 1.32. The fraction of sp³-hybridized carbons (Fsp3) is 0.938. The maximum atomic E-state index is 12.4. The standard InChI is InChI=1S/C16H26O5/c1-8-10-6-15(2,3)7-16(10,19)12-9(5-11(8)17)14(20-4)21-13(12)18/h8-12,14,17,19H,5-7H2,1-4H3/t8-,9+,10+,11-,12+,14-,16?/m1/s1. The van der Waals surface area contributed by atoms with Gasteiger partial charge < -0.3 is 19.7 Å². The number of methoxy groups -OCH3 is 1. The molecule has 21 heavy (non-hydrogen) atoms. The van der Waals surface area contributed by atoms with Crippen molar-refractivity contribution in [3.8, 4) is 0 Å². The molecule has 0 aromatic carbocycles. The van der Waals surface area contributed by atoms with E-state index in [0.717, 1.165) is 6.42 Å². The fourth-order valence-electron chi connectivity index (χ4n) is 5.14. The molecule has 1 saturated heterocycles. The van der Waals surface area contributed by atoms with Crippen LogP contribution >= 0.6 is 0 Å². The molecule has 0 bridgehead atoms. The molecule has 7 atom stereocenters. The van der Waals surface area contributed by atoms with E-state index in [2.05, 4.69) is 13.8 Å². The molecule has 0 amide bonds. The summed E-state index contributed by atoms with van der Waals surface area (Å²) in [4.78, 5) is 12.4. The number of ether oxygens (including phenoxy) is 2. The molecule has 0 aromatic heterocycles. The fourth-order valence-corrected chi connectivity index (χ4v) is 5.14. The molecule has 2 N–H and O–H groups in total. The van der Waals surface area contributed by atoms with Crippen molar-refractivity contribution < 1.29 is 24.5 Å². The van der Waals surface area contributed by atoms with E-state index >= 15 is 0 Å². The number of hydrogen-bond acceptors (Lipinski definition) is 5. The van der Waals surface area contributed by atoms with E-state index in [1.54, 1.807) is 0 Å². The van der Waals surface area contributed by atoms with Gasteiger partial charge in [0.1, 0.15) is 0 Å². The average Bonchev–Trinajstić information content (AvgIpc) is 2.80. The van der Waals surface area contributed by atoms with Crippen molar-refractivity contribution in [1.29, 1.82) is 0 Å². The van der Waals surface area contributed by atoms with Crippen LogP contribution in [0.3, 0.4) is 0 Å². The Kier molecular flexibility index (Phi) is 3.39. The van der Waals surface area contributed by atoms with Gasteiger partial charge in [-0.25, -0.2) is 0 Å². The summed E-state index contributed by atoms with van der Waals surface area (Å²) in [6.45, 7) is 6.21. The third-order valence-electron chi connectivity index (χ3n) is 5.97. The molecule has 3 aliphatic rings. The number of hydrogen-bond donors (Lipinski definition) is 2. The molecule has 1 unspecified atom stereocenters. The van der Waals surface area contributed by atoms with E-state index < -0.39 is 23.9 Å². The summed E-state index contributed by atoms with van der Waals surface area (Å²) >= 11 is 0. The molecule has 0 spiro atoms. The number of carbonyl (C=O) groups excluding carboxylic acids is 1. The number of carbonyl (C=O) groups is 1. The summed E-state index contributed by atoms with van der Waals surface area (Å²) in [5.74, 6) is -1.36. The van der Waals surface area contributed by atoms with Crippen LogP contribution in [0.4, 0.5) is 0 Å². The number of cyclic esters (lactones) is 1. The van der Waals surface area contributed by atoms with Gasteiger partial charge in [0, 0.05) is 13.0 Å². The Morgan fingerprint density at radius 1 is 1.38 bits per heavy atom. The minimum absolute atomic E-state index is 0.0346. The molecule has 2 saturated carbocycles. The zero-order valence-electron chi connectivity index (χ0n) is 13.2. The molecule has 1 aliphatic heterocycles. The Bertz CT molecular complexity index is 448. The van der Waals surface area contributed by atoms with Gasteiger partial charge in [-0.05, 0) is 36.5 Å². The van der Waals surface area contributed by atoms with Gasteiger partial charge in [0.25, 0.3) is 0 Å². The number of aliphatic hydroxyl groups is 2. The van der Waals surface area contributed by atoms with E-state index in [9.17, 15) is 15.0 Å². The van der Waals surface area contributed by atoms with Crippen LogP contribution in [0.5, 0.6) is 0 Å². The molecule has 1 heterocycles. The largest absolute Gasteiger partial charge is 0.435 e. The first-order valence-corrected chi connectivity index (χ1v) is 7.83. The summed E-state index contributed by atoms with van der Waals surface area (Å²) in [5.41, 5.74) is -1.14.